The molecule has 3 fully saturated rings. The van der Waals surface area contributed by atoms with Crippen molar-refractivity contribution in [3.05, 3.63) is 0 Å². The molecule has 3 aliphatic rings. The van der Waals surface area contributed by atoms with Gasteiger partial charge in [-0.25, -0.2) is 4.79 Å². The van der Waals surface area contributed by atoms with Gasteiger partial charge in [-0.1, -0.05) is 0 Å². The topological polar surface area (TPSA) is 44.8 Å². The third-order valence-electron chi connectivity index (χ3n) is 4.45. The van der Waals surface area contributed by atoms with E-state index in [0.29, 0.717) is 6.61 Å². The molecule has 2 aliphatic carbocycles. The van der Waals surface area contributed by atoms with Crippen LogP contribution in [0.4, 0.5) is 4.79 Å². The Morgan fingerprint density at radius 2 is 2.00 bits per heavy atom. The highest BCUT2D eigenvalue weighted by Crippen LogP contribution is 2.29. The minimum atomic E-state index is 0.0926. The number of carbonyl (C=O) groups excluding carboxylic acids is 1. The first-order valence-corrected chi connectivity index (χ1v) is 8.03. The molecular weight excluding hydrogens is 254 g/mol. The van der Waals surface area contributed by atoms with Gasteiger partial charge in [-0.3, -0.25) is 0 Å². The summed E-state index contributed by atoms with van der Waals surface area (Å²) in [4.78, 5) is 16.4. The standard InChI is InChI=1S/C15H27N3O2/c1-17(9-13-4-5-13)10-14-11-18(6-7-20-14)15(19)16-8-12-2-3-12/h12-14H,2-11H2,1H3,(H,16,19). The summed E-state index contributed by atoms with van der Waals surface area (Å²) in [5, 5.41) is 3.05. The van der Waals surface area contributed by atoms with Crippen LogP contribution in [0, 0.1) is 11.8 Å². The number of nitrogens with zero attached hydrogens (tertiary/aromatic N) is 2. The minimum Gasteiger partial charge on any atom is -0.373 e. The van der Waals surface area contributed by atoms with Gasteiger partial charge in [0.1, 0.15) is 0 Å². The molecule has 0 radical (unpaired) electrons. The summed E-state index contributed by atoms with van der Waals surface area (Å²) in [5.74, 6) is 1.64. The van der Waals surface area contributed by atoms with Crippen LogP contribution in [0.25, 0.3) is 0 Å². The van der Waals surface area contributed by atoms with Crippen LogP contribution in [0.3, 0.4) is 0 Å². The molecule has 2 amide bonds. The highest BCUT2D eigenvalue weighted by Gasteiger charge is 2.28. The van der Waals surface area contributed by atoms with Crippen molar-refractivity contribution in [3.63, 3.8) is 0 Å². The maximum absolute atomic E-state index is 12.1. The lowest BCUT2D eigenvalue weighted by molar-refractivity contribution is -0.0277. The zero-order valence-electron chi connectivity index (χ0n) is 12.5. The van der Waals surface area contributed by atoms with Crippen LogP contribution in [0.5, 0.6) is 0 Å². The first-order chi connectivity index (χ1) is 9.70. The number of urea groups is 1. The Balaban J connectivity index is 1.38. The molecule has 1 aliphatic heterocycles. The second-order valence-electron chi connectivity index (χ2n) is 6.73. The van der Waals surface area contributed by atoms with Gasteiger partial charge in [0.15, 0.2) is 0 Å². The Morgan fingerprint density at radius 3 is 2.70 bits per heavy atom. The molecule has 1 N–H and O–H groups in total. The SMILES string of the molecule is CN(CC1CC1)CC1CN(C(=O)NCC2CC2)CCO1. The Bertz CT molecular complexity index is 342. The molecule has 1 saturated heterocycles. The number of hydrogen-bond donors (Lipinski definition) is 1. The lowest BCUT2D eigenvalue weighted by atomic mass is 10.2. The van der Waals surface area contributed by atoms with E-state index in [-0.39, 0.29) is 12.1 Å². The van der Waals surface area contributed by atoms with Gasteiger partial charge in [-0.15, -0.1) is 0 Å². The predicted molar refractivity (Wildman–Crippen MR) is 77.7 cm³/mol. The summed E-state index contributed by atoms with van der Waals surface area (Å²) in [6.07, 6.45) is 5.48. The molecule has 3 rings (SSSR count). The van der Waals surface area contributed by atoms with Crippen LogP contribution >= 0.6 is 0 Å². The monoisotopic (exact) mass is 281 g/mol. The summed E-state index contributed by atoms with van der Waals surface area (Å²) in [5.41, 5.74) is 0. The molecule has 1 unspecified atom stereocenters. The molecule has 0 spiro atoms. The van der Waals surface area contributed by atoms with E-state index in [4.69, 9.17) is 4.74 Å². The highest BCUT2D eigenvalue weighted by atomic mass is 16.5. The van der Waals surface area contributed by atoms with Crippen molar-refractivity contribution in [3.8, 4) is 0 Å². The molecule has 20 heavy (non-hydrogen) atoms. The number of hydrogen-bond acceptors (Lipinski definition) is 3. The zero-order valence-corrected chi connectivity index (χ0v) is 12.5. The Hall–Kier alpha value is -0.810. The van der Waals surface area contributed by atoms with E-state index in [1.54, 1.807) is 0 Å². The van der Waals surface area contributed by atoms with Crippen molar-refractivity contribution in [2.45, 2.75) is 31.8 Å². The number of carbonyl (C=O) groups is 1. The average molecular weight is 281 g/mol. The molecule has 0 aromatic carbocycles. The fourth-order valence-corrected chi connectivity index (χ4v) is 2.84. The number of likely N-dealkylation sites (N-methyl/N-ethyl adjacent to an activating group) is 1. The normalized spacial score (nSPS) is 26.9. The van der Waals surface area contributed by atoms with Crippen LogP contribution in [-0.2, 0) is 4.74 Å². The zero-order chi connectivity index (χ0) is 13.9. The van der Waals surface area contributed by atoms with Crippen LogP contribution in [0.2, 0.25) is 0 Å². The second kappa shape index (κ2) is 6.31. The second-order valence-corrected chi connectivity index (χ2v) is 6.73. The number of nitrogens with one attached hydrogen (secondary N) is 1. The Kier molecular flexibility index (Phi) is 4.46. The molecule has 0 aromatic heterocycles. The minimum absolute atomic E-state index is 0.0926. The summed E-state index contributed by atoms with van der Waals surface area (Å²) in [7, 11) is 2.16. The summed E-state index contributed by atoms with van der Waals surface area (Å²) >= 11 is 0. The quantitative estimate of drug-likeness (QED) is 0.794. The van der Waals surface area contributed by atoms with E-state index < -0.39 is 0 Å². The molecule has 1 heterocycles. The van der Waals surface area contributed by atoms with E-state index in [9.17, 15) is 4.79 Å². The van der Waals surface area contributed by atoms with Crippen molar-refractivity contribution < 1.29 is 9.53 Å². The van der Waals surface area contributed by atoms with E-state index in [1.807, 2.05) is 4.90 Å². The van der Waals surface area contributed by atoms with Gasteiger partial charge in [0.2, 0.25) is 0 Å². The van der Waals surface area contributed by atoms with Crippen LogP contribution in [0.15, 0.2) is 0 Å². The summed E-state index contributed by atoms with van der Waals surface area (Å²) in [6, 6.07) is 0.0926. The smallest absolute Gasteiger partial charge is 0.317 e. The van der Waals surface area contributed by atoms with Crippen molar-refractivity contribution in [2.75, 3.05) is 46.4 Å². The number of ether oxygens (including phenoxy) is 1. The van der Waals surface area contributed by atoms with E-state index in [1.165, 1.54) is 32.2 Å². The fourth-order valence-electron chi connectivity index (χ4n) is 2.84. The largest absolute Gasteiger partial charge is 0.373 e. The van der Waals surface area contributed by atoms with Gasteiger partial charge in [-0.05, 0) is 44.6 Å². The third-order valence-corrected chi connectivity index (χ3v) is 4.45. The van der Waals surface area contributed by atoms with Gasteiger partial charge in [0, 0.05) is 32.7 Å². The average Bonchev–Trinajstić information content (AvgIpc) is 3.31. The fraction of sp³-hybridized carbons (Fsp3) is 0.933. The maximum atomic E-state index is 12.1. The van der Waals surface area contributed by atoms with Crippen molar-refractivity contribution in [1.82, 2.24) is 15.1 Å². The molecule has 1 atom stereocenters. The number of morpholine rings is 1. The molecular formula is C15H27N3O2. The van der Waals surface area contributed by atoms with E-state index in [0.717, 1.165) is 38.0 Å². The first-order valence-electron chi connectivity index (χ1n) is 8.03. The van der Waals surface area contributed by atoms with E-state index >= 15 is 0 Å². The molecule has 0 aromatic rings. The van der Waals surface area contributed by atoms with E-state index in [2.05, 4.69) is 17.3 Å². The van der Waals surface area contributed by atoms with Crippen LogP contribution in [-0.4, -0.2) is 68.3 Å². The highest BCUT2D eigenvalue weighted by molar-refractivity contribution is 5.74. The van der Waals surface area contributed by atoms with Gasteiger partial charge in [-0.2, -0.15) is 0 Å². The first kappa shape index (κ1) is 14.1. The van der Waals surface area contributed by atoms with Crippen LogP contribution in [0.1, 0.15) is 25.7 Å². The van der Waals surface area contributed by atoms with Crippen LogP contribution < -0.4 is 5.32 Å². The predicted octanol–water partition coefficient (Wildman–Crippen LogP) is 1.15. The molecule has 2 saturated carbocycles. The maximum Gasteiger partial charge on any atom is 0.317 e. The Labute approximate surface area is 121 Å². The van der Waals surface area contributed by atoms with Gasteiger partial charge >= 0.3 is 6.03 Å². The number of amides is 2. The van der Waals surface area contributed by atoms with Gasteiger partial charge in [0.05, 0.1) is 12.7 Å². The molecule has 114 valence electrons. The number of rotatable bonds is 6. The Morgan fingerprint density at radius 1 is 1.25 bits per heavy atom. The lowest BCUT2D eigenvalue weighted by Gasteiger charge is -2.34. The molecule has 5 nitrogen and oxygen atoms in total. The van der Waals surface area contributed by atoms with Gasteiger partial charge in [0.25, 0.3) is 0 Å². The summed E-state index contributed by atoms with van der Waals surface area (Å²) < 4.78 is 5.81. The lowest BCUT2D eigenvalue weighted by Crippen LogP contribution is -2.52. The van der Waals surface area contributed by atoms with Crippen molar-refractivity contribution in [2.24, 2.45) is 11.8 Å². The molecule has 0 bridgehead atoms. The van der Waals surface area contributed by atoms with Gasteiger partial charge < -0.3 is 19.9 Å². The van der Waals surface area contributed by atoms with Crippen molar-refractivity contribution in [1.29, 1.82) is 0 Å². The summed E-state index contributed by atoms with van der Waals surface area (Å²) in [6.45, 7) is 5.07. The van der Waals surface area contributed by atoms with Crippen molar-refractivity contribution >= 4 is 6.03 Å². The molecule has 5 heteroatoms. The third kappa shape index (κ3) is 4.35.